The van der Waals surface area contributed by atoms with Gasteiger partial charge in [0.2, 0.25) is 5.91 Å². The number of nitrogens with one attached hydrogen (secondary N) is 1. The van der Waals surface area contributed by atoms with Crippen molar-refractivity contribution in [3.8, 4) is 5.82 Å². The van der Waals surface area contributed by atoms with E-state index in [2.05, 4.69) is 37.2 Å². The fraction of sp³-hybridized carbons (Fsp3) is 0.500. The number of amides is 1. The molecule has 22 heavy (non-hydrogen) atoms. The molecule has 3 rings (SSSR count). The third-order valence-corrected chi connectivity index (χ3v) is 3.87. The summed E-state index contributed by atoms with van der Waals surface area (Å²) < 4.78 is 1.58. The molecule has 0 saturated carbocycles. The van der Waals surface area contributed by atoms with E-state index in [-0.39, 0.29) is 17.9 Å². The third kappa shape index (κ3) is 2.90. The van der Waals surface area contributed by atoms with E-state index in [0.717, 1.165) is 12.2 Å². The summed E-state index contributed by atoms with van der Waals surface area (Å²) in [5.41, 5.74) is 0. The van der Waals surface area contributed by atoms with Gasteiger partial charge in [-0.2, -0.15) is 5.10 Å². The number of aromatic nitrogens is 5. The molecule has 1 fully saturated rings. The molecule has 1 saturated heterocycles. The first-order valence-corrected chi connectivity index (χ1v) is 7.39. The van der Waals surface area contributed by atoms with Crippen molar-refractivity contribution in [2.24, 2.45) is 5.92 Å². The molecule has 1 unspecified atom stereocenters. The van der Waals surface area contributed by atoms with Gasteiger partial charge < -0.3 is 10.2 Å². The minimum Gasteiger partial charge on any atom is -0.355 e. The normalized spacial score (nSPS) is 16.2. The van der Waals surface area contributed by atoms with Gasteiger partial charge in [-0.05, 0) is 13.3 Å². The Morgan fingerprint density at radius 2 is 2.14 bits per heavy atom. The molecule has 0 aromatic carbocycles. The Bertz CT molecular complexity index is 636. The van der Waals surface area contributed by atoms with Gasteiger partial charge >= 0.3 is 0 Å². The van der Waals surface area contributed by atoms with Gasteiger partial charge in [0.15, 0.2) is 5.82 Å². The lowest BCUT2D eigenvalue weighted by Crippen LogP contribution is -2.55. The van der Waals surface area contributed by atoms with Crippen molar-refractivity contribution in [3.63, 3.8) is 0 Å². The van der Waals surface area contributed by atoms with E-state index in [1.165, 1.54) is 12.7 Å². The largest absolute Gasteiger partial charge is 0.355 e. The van der Waals surface area contributed by atoms with E-state index in [1.807, 2.05) is 13.0 Å². The van der Waals surface area contributed by atoms with Crippen LogP contribution in [0.4, 0.5) is 5.82 Å². The molecule has 0 bridgehead atoms. The zero-order chi connectivity index (χ0) is 15.5. The van der Waals surface area contributed by atoms with Gasteiger partial charge in [-0.15, -0.1) is 0 Å². The van der Waals surface area contributed by atoms with Crippen molar-refractivity contribution in [3.05, 3.63) is 25.0 Å². The number of carbonyl (C=O) groups excluding carboxylic acids is 1. The van der Waals surface area contributed by atoms with E-state index in [0.29, 0.717) is 18.9 Å². The lowest BCUT2D eigenvalue weighted by atomic mass is 9.98. The summed E-state index contributed by atoms with van der Waals surface area (Å²) in [4.78, 5) is 26.4. The van der Waals surface area contributed by atoms with Gasteiger partial charge in [0, 0.05) is 25.2 Å². The van der Waals surface area contributed by atoms with E-state index >= 15 is 0 Å². The summed E-state index contributed by atoms with van der Waals surface area (Å²) in [7, 11) is 0. The van der Waals surface area contributed by atoms with Crippen LogP contribution < -0.4 is 10.2 Å². The summed E-state index contributed by atoms with van der Waals surface area (Å²) in [5.74, 6) is 1.61. The van der Waals surface area contributed by atoms with Crippen LogP contribution in [-0.4, -0.2) is 49.8 Å². The lowest BCUT2D eigenvalue weighted by Gasteiger charge is -2.39. The summed E-state index contributed by atoms with van der Waals surface area (Å²) in [6.45, 7) is 5.43. The second-order valence-corrected chi connectivity index (χ2v) is 5.49. The van der Waals surface area contributed by atoms with Crippen molar-refractivity contribution < 1.29 is 4.79 Å². The SMILES string of the molecule is CCC(C)NC(=O)C1CN(c2cc(-n3cncn3)ncn2)C1. The van der Waals surface area contributed by atoms with Gasteiger partial charge in [-0.3, -0.25) is 4.79 Å². The first-order chi connectivity index (χ1) is 10.7. The Morgan fingerprint density at radius 3 is 2.82 bits per heavy atom. The van der Waals surface area contributed by atoms with Gasteiger partial charge in [0.25, 0.3) is 0 Å². The molecule has 0 aliphatic carbocycles. The molecular weight excluding hydrogens is 282 g/mol. The van der Waals surface area contributed by atoms with E-state index in [4.69, 9.17) is 0 Å². The molecule has 1 aliphatic heterocycles. The zero-order valence-electron chi connectivity index (χ0n) is 12.7. The van der Waals surface area contributed by atoms with Crippen molar-refractivity contribution >= 4 is 11.7 Å². The molecule has 1 aliphatic rings. The van der Waals surface area contributed by atoms with Crippen LogP contribution in [0.5, 0.6) is 0 Å². The smallest absolute Gasteiger partial charge is 0.226 e. The first-order valence-electron chi connectivity index (χ1n) is 7.39. The number of hydrogen-bond donors (Lipinski definition) is 1. The molecule has 2 aromatic rings. The Morgan fingerprint density at radius 1 is 1.36 bits per heavy atom. The second-order valence-electron chi connectivity index (χ2n) is 5.49. The highest BCUT2D eigenvalue weighted by atomic mass is 16.2. The van der Waals surface area contributed by atoms with E-state index in [9.17, 15) is 4.79 Å². The lowest BCUT2D eigenvalue weighted by molar-refractivity contribution is -0.126. The third-order valence-electron chi connectivity index (χ3n) is 3.87. The standard InChI is InChI=1S/C14H19N7O/c1-3-10(2)19-14(22)11-5-20(6-11)12-4-13(17-8-16-12)21-9-15-7-18-21/h4,7-11H,3,5-6H2,1-2H3,(H,19,22). The topological polar surface area (TPSA) is 88.8 Å². The van der Waals surface area contributed by atoms with Crippen molar-refractivity contribution in [1.82, 2.24) is 30.0 Å². The van der Waals surface area contributed by atoms with Crippen LogP contribution in [0.1, 0.15) is 20.3 Å². The highest BCUT2D eigenvalue weighted by molar-refractivity contribution is 5.82. The second kappa shape index (κ2) is 6.08. The molecule has 0 spiro atoms. The van der Waals surface area contributed by atoms with Gasteiger partial charge in [0.05, 0.1) is 5.92 Å². The Labute approximate surface area is 128 Å². The maximum absolute atomic E-state index is 12.0. The summed E-state index contributed by atoms with van der Waals surface area (Å²) in [6, 6.07) is 2.07. The number of rotatable bonds is 5. The molecule has 1 amide bonds. The number of hydrogen-bond acceptors (Lipinski definition) is 6. The molecule has 3 heterocycles. The molecule has 8 nitrogen and oxygen atoms in total. The average Bonchev–Trinajstić information content (AvgIpc) is 3.00. The predicted molar refractivity (Wildman–Crippen MR) is 80.5 cm³/mol. The minimum absolute atomic E-state index is 0.0267. The van der Waals surface area contributed by atoms with Gasteiger partial charge in [-0.25, -0.2) is 19.6 Å². The predicted octanol–water partition coefficient (Wildman–Crippen LogP) is 0.408. The Balaban J connectivity index is 1.61. The number of nitrogens with zero attached hydrogens (tertiary/aromatic N) is 6. The fourth-order valence-electron chi connectivity index (χ4n) is 2.26. The van der Waals surface area contributed by atoms with E-state index < -0.39 is 0 Å². The summed E-state index contributed by atoms with van der Waals surface area (Å²) >= 11 is 0. The Kier molecular flexibility index (Phi) is 3.99. The molecule has 1 N–H and O–H groups in total. The number of anilines is 1. The summed E-state index contributed by atoms with van der Waals surface area (Å²) in [6.07, 6.45) is 5.49. The minimum atomic E-state index is 0.0267. The number of carbonyl (C=O) groups is 1. The van der Waals surface area contributed by atoms with Crippen LogP contribution in [0, 0.1) is 5.92 Å². The molecule has 2 aromatic heterocycles. The Hall–Kier alpha value is -2.51. The molecule has 1 atom stereocenters. The quantitative estimate of drug-likeness (QED) is 0.860. The van der Waals surface area contributed by atoms with Gasteiger partial charge in [0.1, 0.15) is 24.8 Å². The van der Waals surface area contributed by atoms with Crippen molar-refractivity contribution in [2.75, 3.05) is 18.0 Å². The first kappa shape index (κ1) is 14.4. The van der Waals surface area contributed by atoms with E-state index in [1.54, 1.807) is 11.0 Å². The maximum atomic E-state index is 12.0. The van der Waals surface area contributed by atoms with Crippen LogP contribution in [-0.2, 0) is 4.79 Å². The highest BCUT2D eigenvalue weighted by Gasteiger charge is 2.34. The van der Waals surface area contributed by atoms with Crippen LogP contribution in [0.2, 0.25) is 0 Å². The van der Waals surface area contributed by atoms with Crippen molar-refractivity contribution in [2.45, 2.75) is 26.3 Å². The maximum Gasteiger partial charge on any atom is 0.226 e. The molecule has 0 radical (unpaired) electrons. The fourth-order valence-corrected chi connectivity index (χ4v) is 2.26. The van der Waals surface area contributed by atoms with Crippen LogP contribution in [0.25, 0.3) is 5.82 Å². The molecule has 8 heteroatoms. The average molecular weight is 301 g/mol. The summed E-state index contributed by atoms with van der Waals surface area (Å²) in [5, 5.41) is 7.07. The van der Waals surface area contributed by atoms with Crippen LogP contribution >= 0.6 is 0 Å². The van der Waals surface area contributed by atoms with Crippen molar-refractivity contribution in [1.29, 1.82) is 0 Å². The van der Waals surface area contributed by atoms with Crippen LogP contribution in [0.3, 0.4) is 0 Å². The molecule has 116 valence electrons. The molecular formula is C14H19N7O. The zero-order valence-corrected chi connectivity index (χ0v) is 12.7. The highest BCUT2D eigenvalue weighted by Crippen LogP contribution is 2.23. The van der Waals surface area contributed by atoms with Crippen LogP contribution in [0.15, 0.2) is 25.0 Å². The monoisotopic (exact) mass is 301 g/mol. The van der Waals surface area contributed by atoms with Gasteiger partial charge in [-0.1, -0.05) is 6.92 Å².